The Kier molecular flexibility index (Phi) is 7.19. The van der Waals surface area contributed by atoms with E-state index < -0.39 is 0 Å². The van der Waals surface area contributed by atoms with Crippen molar-refractivity contribution in [1.82, 2.24) is 10.6 Å². The SMILES string of the molecule is CNCCCC(=O)NCC(=O)N1CCc2ccccc21.Cl. The van der Waals surface area contributed by atoms with Gasteiger partial charge in [-0.15, -0.1) is 12.4 Å². The van der Waals surface area contributed by atoms with Gasteiger partial charge in [0.25, 0.3) is 0 Å². The maximum atomic E-state index is 12.1. The molecule has 1 aromatic carbocycles. The maximum absolute atomic E-state index is 12.1. The fourth-order valence-corrected chi connectivity index (χ4v) is 2.38. The zero-order chi connectivity index (χ0) is 14.4. The Bertz CT molecular complexity index is 494. The summed E-state index contributed by atoms with van der Waals surface area (Å²) in [6, 6.07) is 7.91. The number of anilines is 1. The highest BCUT2D eigenvalue weighted by atomic mass is 35.5. The van der Waals surface area contributed by atoms with Gasteiger partial charge in [0.2, 0.25) is 11.8 Å². The van der Waals surface area contributed by atoms with Gasteiger partial charge in [0.05, 0.1) is 6.54 Å². The van der Waals surface area contributed by atoms with Crippen molar-refractivity contribution >= 4 is 29.9 Å². The Morgan fingerprint density at radius 1 is 1.29 bits per heavy atom. The molecule has 116 valence electrons. The molecule has 0 fully saturated rings. The van der Waals surface area contributed by atoms with E-state index in [1.54, 1.807) is 4.90 Å². The lowest BCUT2D eigenvalue weighted by Gasteiger charge is -2.17. The zero-order valence-corrected chi connectivity index (χ0v) is 13.0. The second-order valence-electron chi connectivity index (χ2n) is 4.91. The molecule has 1 aliphatic heterocycles. The van der Waals surface area contributed by atoms with Gasteiger partial charge in [0.1, 0.15) is 0 Å². The molecule has 1 aromatic rings. The monoisotopic (exact) mass is 311 g/mol. The van der Waals surface area contributed by atoms with Crippen LogP contribution in [-0.4, -0.2) is 38.5 Å². The number of nitrogens with one attached hydrogen (secondary N) is 2. The molecule has 6 heteroatoms. The van der Waals surface area contributed by atoms with Crippen LogP contribution in [-0.2, 0) is 16.0 Å². The first-order valence-electron chi connectivity index (χ1n) is 7.02. The summed E-state index contributed by atoms with van der Waals surface area (Å²) in [7, 11) is 1.85. The van der Waals surface area contributed by atoms with Crippen LogP contribution in [0.2, 0.25) is 0 Å². The molecule has 5 nitrogen and oxygen atoms in total. The Balaban J connectivity index is 0.00000220. The van der Waals surface area contributed by atoms with Crippen LogP contribution < -0.4 is 15.5 Å². The minimum absolute atomic E-state index is 0. The molecule has 21 heavy (non-hydrogen) atoms. The summed E-state index contributed by atoms with van der Waals surface area (Å²) < 4.78 is 0. The molecule has 0 atom stereocenters. The van der Waals surface area contributed by atoms with Gasteiger partial charge in [0.15, 0.2) is 0 Å². The Morgan fingerprint density at radius 2 is 2.05 bits per heavy atom. The number of hydrogen-bond donors (Lipinski definition) is 2. The number of nitrogens with zero attached hydrogens (tertiary/aromatic N) is 1. The predicted octanol–water partition coefficient (Wildman–Crippen LogP) is 1.11. The molecule has 2 N–H and O–H groups in total. The highest BCUT2D eigenvalue weighted by Crippen LogP contribution is 2.27. The zero-order valence-electron chi connectivity index (χ0n) is 12.2. The van der Waals surface area contributed by atoms with E-state index in [1.807, 2.05) is 31.3 Å². The van der Waals surface area contributed by atoms with Gasteiger partial charge >= 0.3 is 0 Å². The number of amides is 2. The second-order valence-corrected chi connectivity index (χ2v) is 4.91. The third-order valence-electron chi connectivity index (χ3n) is 3.46. The number of carbonyl (C=O) groups excluding carboxylic acids is 2. The van der Waals surface area contributed by atoms with Crippen molar-refractivity contribution in [3.8, 4) is 0 Å². The van der Waals surface area contributed by atoms with E-state index >= 15 is 0 Å². The summed E-state index contributed by atoms with van der Waals surface area (Å²) in [4.78, 5) is 25.5. The molecule has 0 bridgehead atoms. The average Bonchev–Trinajstić information content (AvgIpc) is 2.89. The molecule has 0 aromatic heterocycles. The molecule has 0 spiro atoms. The number of rotatable bonds is 6. The number of carbonyl (C=O) groups is 2. The first kappa shape index (κ1) is 17.5. The van der Waals surface area contributed by atoms with Crippen LogP contribution in [0.15, 0.2) is 24.3 Å². The molecule has 1 aliphatic rings. The van der Waals surface area contributed by atoms with Gasteiger partial charge in [-0.2, -0.15) is 0 Å². The van der Waals surface area contributed by atoms with Crippen LogP contribution in [0.4, 0.5) is 5.69 Å². The van der Waals surface area contributed by atoms with Gasteiger partial charge in [-0.3, -0.25) is 9.59 Å². The first-order chi connectivity index (χ1) is 9.72. The number of fused-ring (bicyclic) bond motifs is 1. The van der Waals surface area contributed by atoms with Crippen molar-refractivity contribution in [3.63, 3.8) is 0 Å². The Morgan fingerprint density at radius 3 is 2.81 bits per heavy atom. The van der Waals surface area contributed by atoms with Crippen LogP contribution in [0, 0.1) is 0 Å². The van der Waals surface area contributed by atoms with Crippen molar-refractivity contribution in [3.05, 3.63) is 29.8 Å². The van der Waals surface area contributed by atoms with Gasteiger partial charge in [-0.25, -0.2) is 0 Å². The third kappa shape index (κ3) is 4.72. The molecule has 0 aliphatic carbocycles. The quantitative estimate of drug-likeness (QED) is 0.774. The molecule has 1 heterocycles. The van der Waals surface area contributed by atoms with Crippen molar-refractivity contribution < 1.29 is 9.59 Å². The van der Waals surface area contributed by atoms with Crippen LogP contribution in [0.1, 0.15) is 18.4 Å². The second kappa shape index (κ2) is 8.64. The largest absolute Gasteiger partial charge is 0.347 e. The van der Waals surface area contributed by atoms with Gasteiger partial charge < -0.3 is 15.5 Å². The maximum Gasteiger partial charge on any atom is 0.246 e. The van der Waals surface area contributed by atoms with E-state index in [9.17, 15) is 9.59 Å². The highest BCUT2D eigenvalue weighted by Gasteiger charge is 2.23. The van der Waals surface area contributed by atoms with Gasteiger partial charge in [-0.1, -0.05) is 18.2 Å². The van der Waals surface area contributed by atoms with E-state index in [0.29, 0.717) is 13.0 Å². The molecular weight excluding hydrogens is 290 g/mol. The fraction of sp³-hybridized carbons (Fsp3) is 0.467. The van der Waals surface area contributed by atoms with E-state index in [1.165, 1.54) is 5.56 Å². The molecule has 2 rings (SSSR count). The molecule has 0 unspecified atom stereocenters. The number of para-hydroxylation sites is 1. The topological polar surface area (TPSA) is 61.4 Å². The van der Waals surface area contributed by atoms with Crippen molar-refractivity contribution in [2.45, 2.75) is 19.3 Å². The van der Waals surface area contributed by atoms with Crippen LogP contribution in [0.25, 0.3) is 0 Å². The van der Waals surface area contributed by atoms with Crippen LogP contribution >= 0.6 is 12.4 Å². The summed E-state index contributed by atoms with van der Waals surface area (Å²) in [5.41, 5.74) is 2.17. The molecule has 2 amide bonds. The number of benzene rings is 1. The smallest absolute Gasteiger partial charge is 0.246 e. The fourth-order valence-electron chi connectivity index (χ4n) is 2.38. The highest BCUT2D eigenvalue weighted by molar-refractivity contribution is 5.98. The number of hydrogen-bond acceptors (Lipinski definition) is 3. The summed E-state index contributed by atoms with van der Waals surface area (Å²) in [5.74, 6) is -0.113. The minimum atomic E-state index is -0.0684. The van der Waals surface area contributed by atoms with Gasteiger partial charge in [-0.05, 0) is 38.1 Å². The number of halogens is 1. The normalized spacial score (nSPS) is 12.5. The van der Waals surface area contributed by atoms with E-state index in [2.05, 4.69) is 10.6 Å². The molecule has 0 saturated heterocycles. The van der Waals surface area contributed by atoms with Crippen molar-refractivity contribution in [2.75, 3.05) is 31.6 Å². The minimum Gasteiger partial charge on any atom is -0.347 e. The average molecular weight is 312 g/mol. The van der Waals surface area contributed by atoms with E-state index in [0.717, 1.165) is 25.1 Å². The lowest BCUT2D eigenvalue weighted by atomic mass is 10.2. The lowest BCUT2D eigenvalue weighted by Crippen LogP contribution is -2.39. The summed E-state index contributed by atoms with van der Waals surface area (Å²) in [6.07, 6.45) is 2.12. The summed E-state index contributed by atoms with van der Waals surface area (Å²) in [6.45, 7) is 1.58. The standard InChI is InChI=1S/C15H21N3O2.ClH/c1-16-9-4-7-14(19)17-11-15(20)18-10-8-12-5-2-3-6-13(12)18;/h2-3,5-6,16H,4,7-11H2,1H3,(H,17,19);1H. The summed E-state index contributed by atoms with van der Waals surface area (Å²) in [5, 5.41) is 5.68. The van der Waals surface area contributed by atoms with E-state index in [-0.39, 0.29) is 30.8 Å². The predicted molar refractivity (Wildman–Crippen MR) is 85.9 cm³/mol. The molecule has 0 radical (unpaired) electrons. The van der Waals surface area contributed by atoms with Crippen molar-refractivity contribution in [2.24, 2.45) is 0 Å². The van der Waals surface area contributed by atoms with Crippen molar-refractivity contribution in [1.29, 1.82) is 0 Å². The Hall–Kier alpha value is -1.59. The molecular formula is C15H22ClN3O2. The Labute approximate surface area is 131 Å². The third-order valence-corrected chi connectivity index (χ3v) is 3.46. The van der Waals surface area contributed by atoms with Crippen LogP contribution in [0.5, 0.6) is 0 Å². The lowest BCUT2D eigenvalue weighted by molar-refractivity contribution is -0.125. The first-order valence-corrected chi connectivity index (χ1v) is 7.02. The van der Waals surface area contributed by atoms with Gasteiger partial charge in [0, 0.05) is 18.7 Å². The van der Waals surface area contributed by atoms with E-state index in [4.69, 9.17) is 0 Å². The summed E-state index contributed by atoms with van der Waals surface area (Å²) >= 11 is 0. The van der Waals surface area contributed by atoms with Crippen LogP contribution in [0.3, 0.4) is 0 Å². The molecule has 0 saturated carbocycles.